The maximum Gasteiger partial charge on any atom is 0.119 e. The topological polar surface area (TPSA) is 59.3 Å². The van der Waals surface area contributed by atoms with E-state index in [0.717, 1.165) is 5.75 Å². The molecule has 1 aromatic rings. The molecule has 0 aromatic heterocycles. The molecule has 4 N–H and O–H groups in total. The summed E-state index contributed by atoms with van der Waals surface area (Å²) in [6.45, 7) is 6.12. The van der Waals surface area contributed by atoms with Crippen molar-refractivity contribution in [3.05, 3.63) is 29.8 Å². The molecule has 1 aromatic carbocycles. The molecule has 1 aliphatic rings. The molecular formula is C13H21N3O. The van der Waals surface area contributed by atoms with Gasteiger partial charge in [0.2, 0.25) is 0 Å². The van der Waals surface area contributed by atoms with E-state index in [0.29, 0.717) is 0 Å². The van der Waals surface area contributed by atoms with Crippen molar-refractivity contribution in [1.29, 1.82) is 0 Å². The van der Waals surface area contributed by atoms with Gasteiger partial charge in [-0.15, -0.1) is 0 Å². The van der Waals surface area contributed by atoms with Crippen LogP contribution in [0.5, 0.6) is 5.75 Å². The third-order valence-electron chi connectivity index (χ3n) is 3.04. The smallest absolute Gasteiger partial charge is 0.119 e. The van der Waals surface area contributed by atoms with E-state index in [1.165, 1.54) is 5.56 Å². The lowest BCUT2D eigenvalue weighted by Gasteiger charge is -2.17. The summed E-state index contributed by atoms with van der Waals surface area (Å²) in [4.78, 5) is 0. The van der Waals surface area contributed by atoms with E-state index >= 15 is 0 Å². The molecule has 0 aliphatic carbocycles. The Morgan fingerprint density at radius 3 is 2.29 bits per heavy atom. The Kier molecular flexibility index (Phi) is 3.66. The fraction of sp³-hybridized carbons (Fsp3) is 0.538. The minimum absolute atomic E-state index is 0.0897. The second kappa shape index (κ2) is 5.04. The average Bonchev–Trinajstić information content (AvgIpc) is 2.60. The minimum atomic E-state index is 0.0897. The summed E-state index contributed by atoms with van der Waals surface area (Å²) >= 11 is 0. The van der Waals surface area contributed by atoms with Gasteiger partial charge in [0.05, 0.1) is 12.1 Å². The van der Waals surface area contributed by atoms with Gasteiger partial charge in [-0.3, -0.25) is 5.43 Å². The van der Waals surface area contributed by atoms with E-state index in [1.807, 2.05) is 26.0 Å². The van der Waals surface area contributed by atoms with E-state index in [2.05, 4.69) is 29.9 Å². The van der Waals surface area contributed by atoms with Crippen molar-refractivity contribution in [2.45, 2.75) is 45.0 Å². The largest absolute Gasteiger partial charge is 0.491 e. The van der Waals surface area contributed by atoms with E-state index in [-0.39, 0.29) is 24.2 Å². The number of rotatable bonds is 3. The molecule has 3 unspecified atom stereocenters. The van der Waals surface area contributed by atoms with Crippen molar-refractivity contribution >= 4 is 0 Å². The molecule has 4 heteroatoms. The van der Waals surface area contributed by atoms with Gasteiger partial charge in [0.25, 0.3) is 0 Å². The number of benzene rings is 1. The summed E-state index contributed by atoms with van der Waals surface area (Å²) in [6, 6.07) is 8.65. The molecule has 1 heterocycles. The number of hydrogen-bond acceptors (Lipinski definition) is 4. The molecule has 17 heavy (non-hydrogen) atoms. The van der Waals surface area contributed by atoms with Crippen LogP contribution in [0.25, 0.3) is 0 Å². The monoisotopic (exact) mass is 235 g/mol. The average molecular weight is 235 g/mol. The standard InChI is InChI=1S/C13H21N3O/c1-8(2)17-11-6-4-10(5-7-11)13-12(14)9(3)15-16-13/h4-9,12-13,15-16H,14H2,1-3H3. The fourth-order valence-electron chi connectivity index (χ4n) is 2.03. The normalized spacial score (nSPS) is 28.6. The first-order valence-electron chi connectivity index (χ1n) is 6.11. The van der Waals surface area contributed by atoms with Gasteiger partial charge in [-0.2, -0.15) is 0 Å². The van der Waals surface area contributed by atoms with Crippen LogP contribution >= 0.6 is 0 Å². The Balaban J connectivity index is 2.08. The number of nitrogens with two attached hydrogens (primary N) is 1. The molecule has 94 valence electrons. The third-order valence-corrected chi connectivity index (χ3v) is 3.04. The lowest BCUT2D eigenvalue weighted by molar-refractivity contribution is 0.242. The zero-order chi connectivity index (χ0) is 12.4. The lowest BCUT2D eigenvalue weighted by atomic mass is 9.98. The first kappa shape index (κ1) is 12.4. The maximum absolute atomic E-state index is 6.12. The van der Waals surface area contributed by atoms with Crippen LogP contribution in [0, 0.1) is 0 Å². The minimum Gasteiger partial charge on any atom is -0.491 e. The van der Waals surface area contributed by atoms with Gasteiger partial charge in [-0.05, 0) is 38.5 Å². The Morgan fingerprint density at radius 1 is 1.18 bits per heavy atom. The van der Waals surface area contributed by atoms with Crippen molar-refractivity contribution in [2.24, 2.45) is 5.73 Å². The number of hydrogen-bond donors (Lipinski definition) is 3. The second-order valence-corrected chi connectivity index (χ2v) is 4.87. The van der Waals surface area contributed by atoms with Crippen molar-refractivity contribution in [2.75, 3.05) is 0 Å². The van der Waals surface area contributed by atoms with Crippen LogP contribution in [-0.4, -0.2) is 18.2 Å². The van der Waals surface area contributed by atoms with Crippen LogP contribution in [0.1, 0.15) is 32.4 Å². The van der Waals surface area contributed by atoms with Crippen molar-refractivity contribution in [3.63, 3.8) is 0 Å². The van der Waals surface area contributed by atoms with E-state index in [9.17, 15) is 0 Å². The highest BCUT2D eigenvalue weighted by Crippen LogP contribution is 2.23. The summed E-state index contributed by atoms with van der Waals surface area (Å²) in [5, 5.41) is 0. The Morgan fingerprint density at radius 2 is 1.82 bits per heavy atom. The molecule has 1 aliphatic heterocycles. The van der Waals surface area contributed by atoms with Crippen molar-refractivity contribution in [3.8, 4) is 5.75 Å². The molecule has 4 nitrogen and oxygen atoms in total. The van der Waals surface area contributed by atoms with Gasteiger partial charge in [0.15, 0.2) is 0 Å². The molecule has 0 bridgehead atoms. The molecule has 0 radical (unpaired) electrons. The van der Waals surface area contributed by atoms with Crippen LogP contribution in [0.2, 0.25) is 0 Å². The molecule has 0 spiro atoms. The van der Waals surface area contributed by atoms with Crippen LogP contribution in [-0.2, 0) is 0 Å². The van der Waals surface area contributed by atoms with Crippen LogP contribution in [0.4, 0.5) is 0 Å². The van der Waals surface area contributed by atoms with Crippen molar-refractivity contribution < 1.29 is 4.74 Å². The van der Waals surface area contributed by atoms with Gasteiger partial charge < -0.3 is 10.5 Å². The lowest BCUT2D eigenvalue weighted by Crippen LogP contribution is -2.35. The number of ether oxygens (including phenoxy) is 1. The molecular weight excluding hydrogens is 214 g/mol. The van der Waals surface area contributed by atoms with Crippen LogP contribution in [0.15, 0.2) is 24.3 Å². The summed E-state index contributed by atoms with van der Waals surface area (Å²) < 4.78 is 5.61. The summed E-state index contributed by atoms with van der Waals surface area (Å²) in [6.07, 6.45) is 0.203. The Hall–Kier alpha value is -1.10. The van der Waals surface area contributed by atoms with Crippen LogP contribution < -0.4 is 21.3 Å². The Bertz CT molecular complexity index is 363. The highest BCUT2D eigenvalue weighted by molar-refractivity contribution is 5.30. The van der Waals surface area contributed by atoms with E-state index in [4.69, 9.17) is 10.5 Å². The van der Waals surface area contributed by atoms with Crippen LogP contribution in [0.3, 0.4) is 0 Å². The Labute approximate surface area is 103 Å². The third kappa shape index (κ3) is 2.77. The van der Waals surface area contributed by atoms with E-state index < -0.39 is 0 Å². The van der Waals surface area contributed by atoms with Gasteiger partial charge in [0, 0.05) is 12.1 Å². The zero-order valence-corrected chi connectivity index (χ0v) is 10.6. The summed E-state index contributed by atoms with van der Waals surface area (Å²) in [5.74, 6) is 0.899. The highest BCUT2D eigenvalue weighted by Gasteiger charge is 2.30. The van der Waals surface area contributed by atoms with Gasteiger partial charge in [0.1, 0.15) is 5.75 Å². The number of nitrogens with one attached hydrogen (secondary N) is 2. The predicted molar refractivity (Wildman–Crippen MR) is 68.7 cm³/mol. The molecule has 0 saturated carbocycles. The first-order chi connectivity index (χ1) is 8.08. The van der Waals surface area contributed by atoms with Gasteiger partial charge in [-0.25, -0.2) is 5.43 Å². The SMILES string of the molecule is CC(C)Oc1ccc(C2NNC(C)C2N)cc1. The van der Waals surface area contributed by atoms with E-state index in [1.54, 1.807) is 0 Å². The van der Waals surface area contributed by atoms with Gasteiger partial charge >= 0.3 is 0 Å². The highest BCUT2D eigenvalue weighted by atomic mass is 16.5. The molecule has 0 amide bonds. The quantitative estimate of drug-likeness (QED) is 0.740. The molecule has 3 atom stereocenters. The van der Waals surface area contributed by atoms with Gasteiger partial charge in [-0.1, -0.05) is 12.1 Å². The molecule has 1 fully saturated rings. The zero-order valence-electron chi connectivity index (χ0n) is 10.6. The summed E-state index contributed by atoms with van der Waals surface area (Å²) in [7, 11) is 0. The maximum atomic E-state index is 6.12. The first-order valence-corrected chi connectivity index (χ1v) is 6.11. The summed E-state index contributed by atoms with van der Waals surface area (Å²) in [5.41, 5.74) is 13.7. The van der Waals surface area contributed by atoms with Crippen molar-refractivity contribution in [1.82, 2.24) is 10.9 Å². The molecule has 2 rings (SSSR count). The fourth-order valence-corrected chi connectivity index (χ4v) is 2.03. The predicted octanol–water partition coefficient (Wildman–Crippen LogP) is 1.34. The molecule has 1 saturated heterocycles. The number of hydrazine groups is 1. The second-order valence-electron chi connectivity index (χ2n) is 4.87.